The molecule has 25 heavy (non-hydrogen) atoms. The maximum absolute atomic E-state index is 12.9. The lowest BCUT2D eigenvalue weighted by Gasteiger charge is -2.34. The van der Waals surface area contributed by atoms with Crippen molar-refractivity contribution in [3.63, 3.8) is 0 Å². The maximum Gasteiger partial charge on any atom is 0.293 e. The van der Waals surface area contributed by atoms with E-state index in [2.05, 4.69) is 5.32 Å². The topological polar surface area (TPSA) is 102 Å². The first kappa shape index (κ1) is 19.6. The molecule has 0 radical (unpaired) electrons. The zero-order chi connectivity index (χ0) is 18.6. The number of hydrogen-bond acceptors (Lipinski definition) is 6. The first-order valence-corrected chi connectivity index (χ1v) is 9.71. The van der Waals surface area contributed by atoms with Crippen LogP contribution in [0.3, 0.4) is 0 Å². The molecule has 140 valence electrons. The molecule has 1 fully saturated rings. The number of benzene rings is 1. The molecule has 0 unspecified atom stereocenters. The fourth-order valence-corrected chi connectivity index (χ4v) is 4.91. The number of methoxy groups -OCH3 is 1. The van der Waals surface area contributed by atoms with E-state index >= 15 is 0 Å². The summed E-state index contributed by atoms with van der Waals surface area (Å²) < 4.78 is 32.1. The summed E-state index contributed by atoms with van der Waals surface area (Å²) in [5.74, 6) is 0.534. The van der Waals surface area contributed by atoms with Crippen molar-refractivity contribution in [1.29, 1.82) is 0 Å². The summed E-state index contributed by atoms with van der Waals surface area (Å²) in [6.07, 6.45) is 0.981. The van der Waals surface area contributed by atoms with Gasteiger partial charge in [-0.3, -0.25) is 10.1 Å². The van der Waals surface area contributed by atoms with E-state index in [0.717, 1.165) is 12.5 Å². The van der Waals surface area contributed by atoms with Gasteiger partial charge in [0, 0.05) is 32.8 Å². The number of nitrogens with zero attached hydrogens (tertiary/aromatic N) is 2. The van der Waals surface area contributed by atoms with E-state index in [1.807, 2.05) is 13.8 Å². The number of nitrogens with one attached hydrogen (secondary N) is 1. The van der Waals surface area contributed by atoms with Gasteiger partial charge in [0.05, 0.1) is 16.4 Å². The zero-order valence-electron chi connectivity index (χ0n) is 14.8. The quantitative estimate of drug-likeness (QED) is 0.448. The number of sulfonamides is 1. The van der Waals surface area contributed by atoms with Crippen molar-refractivity contribution in [2.24, 2.45) is 11.8 Å². The highest BCUT2D eigenvalue weighted by molar-refractivity contribution is 7.89. The van der Waals surface area contributed by atoms with Crippen LogP contribution in [-0.2, 0) is 14.8 Å². The van der Waals surface area contributed by atoms with Gasteiger partial charge in [-0.05, 0) is 30.4 Å². The first-order chi connectivity index (χ1) is 11.8. The monoisotopic (exact) mass is 371 g/mol. The van der Waals surface area contributed by atoms with Crippen LogP contribution in [0.4, 0.5) is 11.4 Å². The molecule has 0 bridgehead atoms. The molecule has 0 saturated carbocycles. The Bertz CT molecular complexity index is 712. The fourth-order valence-electron chi connectivity index (χ4n) is 3.21. The van der Waals surface area contributed by atoms with Crippen LogP contribution < -0.4 is 5.32 Å². The largest absolute Gasteiger partial charge is 0.383 e. The Morgan fingerprint density at radius 3 is 2.52 bits per heavy atom. The Kier molecular flexibility index (Phi) is 6.36. The molecule has 1 N–H and O–H groups in total. The van der Waals surface area contributed by atoms with Crippen molar-refractivity contribution in [1.82, 2.24) is 4.31 Å². The number of piperidine rings is 1. The molecule has 1 aliphatic heterocycles. The molecule has 1 aliphatic rings. The van der Waals surface area contributed by atoms with Crippen LogP contribution >= 0.6 is 0 Å². The number of hydrogen-bond donors (Lipinski definition) is 1. The van der Waals surface area contributed by atoms with Gasteiger partial charge in [-0.1, -0.05) is 13.8 Å². The lowest BCUT2D eigenvalue weighted by molar-refractivity contribution is -0.384. The van der Waals surface area contributed by atoms with Crippen LogP contribution in [0.15, 0.2) is 23.1 Å². The van der Waals surface area contributed by atoms with Crippen molar-refractivity contribution in [3.8, 4) is 0 Å². The molecule has 2 atom stereocenters. The molecule has 1 aromatic carbocycles. The second-order valence-corrected chi connectivity index (χ2v) is 8.56. The van der Waals surface area contributed by atoms with E-state index in [4.69, 9.17) is 4.74 Å². The minimum Gasteiger partial charge on any atom is -0.383 e. The molecule has 2 rings (SSSR count). The van der Waals surface area contributed by atoms with Gasteiger partial charge < -0.3 is 10.1 Å². The minimum absolute atomic E-state index is 0.0437. The summed E-state index contributed by atoms with van der Waals surface area (Å²) in [7, 11) is -2.22. The second-order valence-electron chi connectivity index (χ2n) is 6.62. The van der Waals surface area contributed by atoms with Gasteiger partial charge in [-0.2, -0.15) is 4.31 Å². The van der Waals surface area contributed by atoms with Gasteiger partial charge in [0.15, 0.2) is 0 Å². The Morgan fingerprint density at radius 1 is 1.32 bits per heavy atom. The predicted molar refractivity (Wildman–Crippen MR) is 95.2 cm³/mol. The van der Waals surface area contributed by atoms with Crippen molar-refractivity contribution in [2.45, 2.75) is 25.2 Å². The van der Waals surface area contributed by atoms with Crippen LogP contribution in [0.5, 0.6) is 0 Å². The Morgan fingerprint density at radius 2 is 1.96 bits per heavy atom. The third kappa shape index (κ3) is 4.68. The number of nitro groups is 1. The summed E-state index contributed by atoms with van der Waals surface area (Å²) in [5, 5.41) is 14.2. The van der Waals surface area contributed by atoms with Crippen molar-refractivity contribution in [2.75, 3.05) is 38.7 Å². The van der Waals surface area contributed by atoms with E-state index < -0.39 is 14.9 Å². The van der Waals surface area contributed by atoms with E-state index in [1.54, 1.807) is 0 Å². The van der Waals surface area contributed by atoms with Crippen molar-refractivity contribution >= 4 is 21.4 Å². The third-order valence-electron chi connectivity index (χ3n) is 4.26. The van der Waals surface area contributed by atoms with Gasteiger partial charge in [-0.15, -0.1) is 0 Å². The highest BCUT2D eigenvalue weighted by Gasteiger charge is 2.33. The first-order valence-electron chi connectivity index (χ1n) is 8.27. The summed E-state index contributed by atoms with van der Waals surface area (Å²) in [6, 6.07) is 3.99. The lowest BCUT2D eigenvalue weighted by Crippen LogP contribution is -2.42. The highest BCUT2D eigenvalue weighted by atomic mass is 32.2. The summed E-state index contributed by atoms with van der Waals surface area (Å²) >= 11 is 0. The van der Waals surface area contributed by atoms with Gasteiger partial charge in [0.1, 0.15) is 5.69 Å². The SMILES string of the molecule is COCCNc1ccc(S(=O)(=O)N2C[C@@H](C)C[C@H](C)C2)cc1[N+](=O)[O-]. The summed E-state index contributed by atoms with van der Waals surface area (Å²) in [6.45, 7) is 5.70. The summed E-state index contributed by atoms with van der Waals surface area (Å²) in [5.41, 5.74) is 0.0247. The predicted octanol–water partition coefficient (Wildman–Crippen LogP) is 2.32. The Hall–Kier alpha value is -1.71. The smallest absolute Gasteiger partial charge is 0.293 e. The Labute approximate surface area is 148 Å². The summed E-state index contributed by atoms with van der Waals surface area (Å²) in [4.78, 5) is 10.7. The molecular formula is C16H25N3O5S. The number of anilines is 1. The number of rotatable bonds is 7. The maximum atomic E-state index is 12.9. The standard InChI is InChI=1S/C16H25N3O5S/c1-12-8-13(2)11-18(10-12)25(22,23)14-4-5-15(17-6-7-24-3)16(9-14)19(20)21/h4-5,9,12-13,17H,6-8,10-11H2,1-3H3/t12-,13-/m0/s1. The molecule has 1 heterocycles. The van der Waals surface area contributed by atoms with Crippen LogP contribution in [0, 0.1) is 22.0 Å². The van der Waals surface area contributed by atoms with Gasteiger partial charge in [-0.25, -0.2) is 8.42 Å². The fraction of sp³-hybridized carbons (Fsp3) is 0.625. The molecule has 9 heteroatoms. The molecular weight excluding hydrogens is 346 g/mol. The third-order valence-corrected chi connectivity index (χ3v) is 6.09. The molecule has 8 nitrogen and oxygen atoms in total. The molecule has 1 saturated heterocycles. The van der Waals surface area contributed by atoms with Gasteiger partial charge in [0.2, 0.25) is 10.0 Å². The van der Waals surface area contributed by atoms with Gasteiger partial charge >= 0.3 is 0 Å². The minimum atomic E-state index is -3.75. The van der Waals surface area contributed by atoms with Crippen LogP contribution in [0.1, 0.15) is 20.3 Å². The molecule has 0 amide bonds. The number of nitro benzene ring substituents is 1. The molecule has 0 aliphatic carbocycles. The van der Waals surface area contributed by atoms with E-state index in [-0.39, 0.29) is 28.1 Å². The average molecular weight is 371 g/mol. The van der Waals surface area contributed by atoms with E-state index in [1.165, 1.54) is 23.5 Å². The number of ether oxygens (including phenoxy) is 1. The normalized spacial score (nSPS) is 21.9. The Balaban J connectivity index is 2.31. The van der Waals surface area contributed by atoms with Crippen molar-refractivity contribution in [3.05, 3.63) is 28.3 Å². The molecule has 0 aromatic heterocycles. The van der Waals surface area contributed by atoms with Crippen LogP contribution in [0.25, 0.3) is 0 Å². The lowest BCUT2D eigenvalue weighted by atomic mass is 9.94. The highest BCUT2D eigenvalue weighted by Crippen LogP contribution is 2.31. The van der Waals surface area contributed by atoms with Gasteiger partial charge in [0.25, 0.3) is 5.69 Å². The van der Waals surface area contributed by atoms with Crippen LogP contribution in [0.2, 0.25) is 0 Å². The van der Waals surface area contributed by atoms with Crippen LogP contribution in [-0.4, -0.2) is 51.0 Å². The molecule has 1 aromatic rings. The zero-order valence-corrected chi connectivity index (χ0v) is 15.6. The van der Waals surface area contributed by atoms with E-state index in [9.17, 15) is 18.5 Å². The van der Waals surface area contributed by atoms with Crippen molar-refractivity contribution < 1.29 is 18.1 Å². The van der Waals surface area contributed by atoms with E-state index in [0.29, 0.717) is 26.2 Å². The second kappa shape index (κ2) is 8.11. The molecule has 0 spiro atoms. The average Bonchev–Trinajstić information content (AvgIpc) is 2.54.